The predicted molar refractivity (Wildman–Crippen MR) is 65.7 cm³/mol. The highest BCUT2D eigenvalue weighted by atomic mass is 16.5. The van der Waals surface area contributed by atoms with Crippen molar-refractivity contribution in [3.8, 4) is 0 Å². The van der Waals surface area contributed by atoms with Gasteiger partial charge in [-0.1, -0.05) is 12.8 Å². The highest BCUT2D eigenvalue weighted by Crippen LogP contribution is 2.27. The fourth-order valence-corrected chi connectivity index (χ4v) is 2.49. The standard InChI is InChI=1S/C12H22N2O4/c1-17-11(15)9-5-3-4-6-10(7-9)14(8-13)12(16)18-2/h9-10H,3-8,13H2,1-2H3. The van der Waals surface area contributed by atoms with E-state index in [0.29, 0.717) is 6.42 Å². The first kappa shape index (κ1) is 14.8. The van der Waals surface area contributed by atoms with Crippen LogP contribution in [0.5, 0.6) is 0 Å². The molecule has 0 heterocycles. The van der Waals surface area contributed by atoms with E-state index < -0.39 is 6.09 Å². The van der Waals surface area contributed by atoms with E-state index in [0.717, 1.165) is 25.7 Å². The van der Waals surface area contributed by atoms with Crippen LogP contribution in [0.25, 0.3) is 0 Å². The summed E-state index contributed by atoms with van der Waals surface area (Å²) in [6.45, 7) is 0.102. The van der Waals surface area contributed by atoms with Gasteiger partial charge in [-0.15, -0.1) is 0 Å². The number of rotatable bonds is 3. The van der Waals surface area contributed by atoms with Crippen molar-refractivity contribution in [3.63, 3.8) is 0 Å². The highest BCUT2D eigenvalue weighted by Gasteiger charge is 2.31. The second-order valence-corrected chi connectivity index (χ2v) is 4.52. The van der Waals surface area contributed by atoms with Crippen LogP contribution in [-0.2, 0) is 14.3 Å². The molecule has 2 unspecified atom stereocenters. The van der Waals surface area contributed by atoms with Crippen molar-refractivity contribution in [2.75, 3.05) is 20.9 Å². The Hall–Kier alpha value is -1.30. The van der Waals surface area contributed by atoms with Gasteiger partial charge in [0, 0.05) is 6.04 Å². The molecule has 1 rings (SSSR count). The normalized spacial score (nSPS) is 23.9. The molecule has 0 spiro atoms. The minimum atomic E-state index is -0.437. The van der Waals surface area contributed by atoms with Gasteiger partial charge in [-0.05, 0) is 19.3 Å². The van der Waals surface area contributed by atoms with Crippen LogP contribution in [-0.4, -0.2) is 43.9 Å². The third kappa shape index (κ3) is 3.60. The molecule has 18 heavy (non-hydrogen) atoms. The number of amides is 1. The van der Waals surface area contributed by atoms with Crippen LogP contribution in [0.4, 0.5) is 4.79 Å². The zero-order chi connectivity index (χ0) is 13.5. The van der Waals surface area contributed by atoms with Gasteiger partial charge in [0.05, 0.1) is 26.8 Å². The Balaban J connectivity index is 2.73. The minimum absolute atomic E-state index is 0.0472. The van der Waals surface area contributed by atoms with Crippen LogP contribution in [0.1, 0.15) is 32.1 Å². The smallest absolute Gasteiger partial charge is 0.410 e. The number of carbonyl (C=O) groups excluding carboxylic acids is 2. The lowest BCUT2D eigenvalue weighted by Gasteiger charge is -2.29. The number of hydrogen-bond donors (Lipinski definition) is 1. The molecule has 1 saturated carbocycles. The molecule has 6 nitrogen and oxygen atoms in total. The van der Waals surface area contributed by atoms with Crippen molar-refractivity contribution in [1.29, 1.82) is 0 Å². The van der Waals surface area contributed by atoms with Gasteiger partial charge in [0.1, 0.15) is 0 Å². The lowest BCUT2D eigenvalue weighted by molar-refractivity contribution is -0.146. The highest BCUT2D eigenvalue weighted by molar-refractivity contribution is 5.72. The lowest BCUT2D eigenvalue weighted by Crippen LogP contribution is -2.44. The second kappa shape index (κ2) is 7.20. The maximum Gasteiger partial charge on any atom is 0.410 e. The van der Waals surface area contributed by atoms with Gasteiger partial charge in [0.25, 0.3) is 0 Å². The van der Waals surface area contributed by atoms with Crippen LogP contribution in [0, 0.1) is 5.92 Å². The largest absolute Gasteiger partial charge is 0.469 e. The average Bonchev–Trinajstić information content (AvgIpc) is 2.64. The summed E-state index contributed by atoms with van der Waals surface area (Å²) in [4.78, 5) is 24.7. The summed E-state index contributed by atoms with van der Waals surface area (Å²) in [5.41, 5.74) is 5.59. The molecule has 0 saturated heterocycles. The molecule has 0 aromatic rings. The summed E-state index contributed by atoms with van der Waals surface area (Å²) in [6.07, 6.45) is 3.76. The van der Waals surface area contributed by atoms with Crippen LogP contribution >= 0.6 is 0 Å². The summed E-state index contributed by atoms with van der Waals surface area (Å²) < 4.78 is 9.50. The summed E-state index contributed by atoms with van der Waals surface area (Å²) in [5, 5.41) is 0. The average molecular weight is 258 g/mol. The molecule has 6 heteroatoms. The fourth-order valence-electron chi connectivity index (χ4n) is 2.49. The van der Waals surface area contributed by atoms with E-state index in [-0.39, 0.29) is 24.6 Å². The molecule has 2 atom stereocenters. The maximum absolute atomic E-state index is 11.6. The van der Waals surface area contributed by atoms with Gasteiger partial charge in [-0.25, -0.2) is 4.79 Å². The van der Waals surface area contributed by atoms with Crippen molar-refractivity contribution in [2.24, 2.45) is 11.7 Å². The number of esters is 1. The van der Waals surface area contributed by atoms with Crippen LogP contribution < -0.4 is 5.73 Å². The van der Waals surface area contributed by atoms with Gasteiger partial charge in [0.2, 0.25) is 0 Å². The molecular formula is C12H22N2O4. The van der Waals surface area contributed by atoms with E-state index in [2.05, 4.69) is 0 Å². The van der Waals surface area contributed by atoms with E-state index in [4.69, 9.17) is 15.2 Å². The summed E-state index contributed by atoms with van der Waals surface area (Å²) in [7, 11) is 2.72. The molecular weight excluding hydrogens is 236 g/mol. The van der Waals surface area contributed by atoms with E-state index >= 15 is 0 Å². The van der Waals surface area contributed by atoms with Crippen LogP contribution in [0.2, 0.25) is 0 Å². The molecule has 0 bridgehead atoms. The molecule has 2 N–H and O–H groups in total. The third-order valence-electron chi connectivity index (χ3n) is 3.48. The molecule has 1 amide bonds. The summed E-state index contributed by atoms with van der Waals surface area (Å²) >= 11 is 0. The van der Waals surface area contributed by atoms with Crippen molar-refractivity contribution in [2.45, 2.75) is 38.1 Å². The molecule has 1 fully saturated rings. The van der Waals surface area contributed by atoms with Gasteiger partial charge >= 0.3 is 12.1 Å². The second-order valence-electron chi connectivity index (χ2n) is 4.52. The Kier molecular flexibility index (Phi) is 5.91. The minimum Gasteiger partial charge on any atom is -0.469 e. The Morgan fingerprint density at radius 3 is 2.44 bits per heavy atom. The quantitative estimate of drug-likeness (QED) is 0.465. The van der Waals surface area contributed by atoms with Crippen molar-refractivity contribution >= 4 is 12.1 Å². The number of ether oxygens (including phenoxy) is 2. The Bertz CT molecular complexity index is 296. The number of nitrogens with zero attached hydrogens (tertiary/aromatic N) is 1. The van der Waals surface area contributed by atoms with E-state index in [9.17, 15) is 9.59 Å². The molecule has 1 aliphatic carbocycles. The lowest BCUT2D eigenvalue weighted by atomic mass is 9.97. The van der Waals surface area contributed by atoms with Crippen molar-refractivity contribution in [1.82, 2.24) is 4.90 Å². The van der Waals surface area contributed by atoms with E-state index in [1.54, 1.807) is 0 Å². The topological polar surface area (TPSA) is 81.9 Å². The van der Waals surface area contributed by atoms with E-state index in [1.165, 1.54) is 19.1 Å². The molecule has 104 valence electrons. The number of methoxy groups -OCH3 is 2. The van der Waals surface area contributed by atoms with Crippen molar-refractivity contribution in [3.05, 3.63) is 0 Å². The fraction of sp³-hybridized carbons (Fsp3) is 0.833. The molecule has 0 radical (unpaired) electrons. The third-order valence-corrected chi connectivity index (χ3v) is 3.48. The van der Waals surface area contributed by atoms with Gasteiger partial charge in [0.15, 0.2) is 0 Å². The molecule has 0 aromatic carbocycles. The van der Waals surface area contributed by atoms with Gasteiger partial charge in [-0.2, -0.15) is 0 Å². The van der Waals surface area contributed by atoms with E-state index in [1.807, 2.05) is 0 Å². The van der Waals surface area contributed by atoms with Crippen molar-refractivity contribution < 1.29 is 19.1 Å². The molecule has 1 aliphatic rings. The number of hydrogen-bond acceptors (Lipinski definition) is 5. The first-order valence-electron chi connectivity index (χ1n) is 6.26. The zero-order valence-corrected chi connectivity index (χ0v) is 11.1. The number of nitrogens with two attached hydrogens (primary N) is 1. The van der Waals surface area contributed by atoms with Gasteiger partial charge in [-0.3, -0.25) is 9.69 Å². The monoisotopic (exact) mass is 258 g/mol. The van der Waals surface area contributed by atoms with Crippen LogP contribution in [0.3, 0.4) is 0 Å². The predicted octanol–water partition coefficient (Wildman–Crippen LogP) is 1.09. The summed E-state index contributed by atoms with van der Waals surface area (Å²) in [5.74, 6) is -0.357. The molecule has 0 aromatic heterocycles. The van der Waals surface area contributed by atoms with Crippen LogP contribution in [0.15, 0.2) is 0 Å². The maximum atomic E-state index is 11.6. The first-order chi connectivity index (χ1) is 8.63. The molecule has 0 aliphatic heterocycles. The van der Waals surface area contributed by atoms with Gasteiger partial charge < -0.3 is 15.2 Å². The SMILES string of the molecule is COC(=O)C1CCCCC(N(CN)C(=O)OC)C1. The Morgan fingerprint density at radius 1 is 1.22 bits per heavy atom. The Labute approximate surface area is 107 Å². The summed E-state index contributed by atoms with van der Waals surface area (Å²) in [6, 6.07) is -0.0472. The Morgan fingerprint density at radius 2 is 1.89 bits per heavy atom. The number of carbonyl (C=O) groups is 2. The zero-order valence-electron chi connectivity index (χ0n) is 11.1. The first-order valence-corrected chi connectivity index (χ1v) is 6.26.